The Bertz CT molecular complexity index is 1190. The van der Waals surface area contributed by atoms with Gasteiger partial charge in [-0.2, -0.15) is 0 Å². The molecule has 0 saturated carbocycles. The lowest BCUT2D eigenvalue weighted by Gasteiger charge is -2.28. The molecule has 1 saturated heterocycles. The summed E-state index contributed by atoms with van der Waals surface area (Å²) in [5.74, 6) is 0.459. The quantitative estimate of drug-likeness (QED) is 0.541. The molecular weight excluding hydrogens is 441 g/mol. The molecule has 0 radical (unpaired) electrons. The van der Waals surface area contributed by atoms with Crippen molar-refractivity contribution in [3.63, 3.8) is 0 Å². The molecule has 11 heteroatoms. The van der Waals surface area contributed by atoms with Gasteiger partial charge in [0.25, 0.3) is 0 Å². The molecular formula is C21H23ClFN5O4. The largest absolute Gasteiger partial charge is 0.488 e. The number of nitrogens with one attached hydrogen (secondary N) is 1. The number of hydrogen-bond donors (Lipinski definition) is 3. The molecule has 0 aliphatic carbocycles. The first-order chi connectivity index (χ1) is 15.3. The topological polar surface area (TPSA) is 115 Å². The number of aromatic nitrogens is 4. The van der Waals surface area contributed by atoms with Gasteiger partial charge < -0.3 is 29.6 Å². The highest BCUT2D eigenvalue weighted by atomic mass is 35.5. The van der Waals surface area contributed by atoms with Crippen LogP contribution in [0.4, 0.5) is 10.3 Å². The minimum Gasteiger partial charge on any atom is -0.488 e. The van der Waals surface area contributed by atoms with E-state index < -0.39 is 18.0 Å². The van der Waals surface area contributed by atoms with Gasteiger partial charge in [0.05, 0.1) is 41.7 Å². The minimum atomic E-state index is -0.872. The molecule has 2 aliphatic rings. The molecule has 0 amide bonds. The molecule has 1 fully saturated rings. The Kier molecular flexibility index (Phi) is 5.40. The number of ether oxygens (including phenoxy) is 2. The molecule has 4 atom stereocenters. The highest BCUT2D eigenvalue weighted by molar-refractivity contribution is 6.33. The van der Waals surface area contributed by atoms with Crippen LogP contribution in [-0.2, 0) is 4.74 Å². The molecule has 32 heavy (non-hydrogen) atoms. The Morgan fingerprint density at radius 1 is 1.34 bits per heavy atom. The molecule has 4 heterocycles. The molecule has 2 aromatic heterocycles. The van der Waals surface area contributed by atoms with Crippen LogP contribution in [0.15, 0.2) is 12.3 Å². The second-order valence-electron chi connectivity index (χ2n) is 8.18. The molecule has 170 valence electrons. The summed E-state index contributed by atoms with van der Waals surface area (Å²) in [4.78, 5) is 13.1. The molecule has 3 N–H and O–H groups in total. The second-order valence-corrected chi connectivity index (χ2v) is 8.59. The number of aliphatic hydroxyl groups is 2. The second kappa shape index (κ2) is 8.11. The van der Waals surface area contributed by atoms with Crippen LogP contribution in [0.1, 0.15) is 38.2 Å². The molecule has 3 aromatic rings. The SMILES string of the molecule is CC(O)c1nc2c(F)cc(-c3nc(NC4CCOCC4O)ncc3Cl)c3c2n1C(C)CO3. The molecule has 4 unspecified atom stereocenters. The van der Waals surface area contributed by atoms with E-state index in [4.69, 9.17) is 21.1 Å². The molecule has 9 nitrogen and oxygen atoms in total. The number of anilines is 1. The first-order valence-corrected chi connectivity index (χ1v) is 10.8. The Hall–Kier alpha value is -2.53. The van der Waals surface area contributed by atoms with Crippen molar-refractivity contribution in [1.29, 1.82) is 0 Å². The van der Waals surface area contributed by atoms with E-state index in [9.17, 15) is 10.2 Å². The van der Waals surface area contributed by atoms with E-state index in [-0.39, 0.29) is 35.2 Å². The van der Waals surface area contributed by atoms with Crippen molar-refractivity contribution in [2.24, 2.45) is 0 Å². The van der Waals surface area contributed by atoms with Crippen molar-refractivity contribution in [1.82, 2.24) is 19.5 Å². The van der Waals surface area contributed by atoms with Gasteiger partial charge in [0, 0.05) is 12.2 Å². The van der Waals surface area contributed by atoms with Gasteiger partial charge in [-0.15, -0.1) is 0 Å². The fourth-order valence-electron chi connectivity index (χ4n) is 4.25. The summed E-state index contributed by atoms with van der Waals surface area (Å²) >= 11 is 6.41. The third kappa shape index (κ3) is 3.47. The maximum absolute atomic E-state index is 15.2. The van der Waals surface area contributed by atoms with Crippen LogP contribution in [0.2, 0.25) is 5.02 Å². The standard InChI is InChI=1S/C21H23ClFN5O4/c1-9-7-32-19-11(5-13(23)17-18(19)28(9)20(26-17)10(2)29)16-12(22)6-24-21(27-16)25-14-3-4-31-8-15(14)30/h5-6,9-10,14-15,29-30H,3-4,7-8H2,1-2H3,(H,24,25,27). The zero-order valence-electron chi connectivity index (χ0n) is 17.5. The Morgan fingerprint density at radius 2 is 2.16 bits per heavy atom. The van der Waals surface area contributed by atoms with Crippen LogP contribution >= 0.6 is 11.6 Å². The number of aliphatic hydroxyl groups excluding tert-OH is 2. The Balaban J connectivity index is 1.64. The van der Waals surface area contributed by atoms with E-state index in [1.54, 1.807) is 11.5 Å². The number of benzene rings is 1. The zero-order valence-corrected chi connectivity index (χ0v) is 18.3. The van der Waals surface area contributed by atoms with E-state index in [0.29, 0.717) is 48.0 Å². The van der Waals surface area contributed by atoms with E-state index in [2.05, 4.69) is 20.3 Å². The first kappa shape index (κ1) is 21.3. The van der Waals surface area contributed by atoms with Gasteiger partial charge in [-0.05, 0) is 26.3 Å². The number of imidazole rings is 1. The molecule has 0 bridgehead atoms. The number of rotatable bonds is 4. The molecule has 0 spiro atoms. The normalized spacial score (nSPS) is 23.8. The maximum Gasteiger partial charge on any atom is 0.223 e. The van der Waals surface area contributed by atoms with Gasteiger partial charge in [-0.1, -0.05) is 11.6 Å². The van der Waals surface area contributed by atoms with Gasteiger partial charge in [0.15, 0.2) is 11.6 Å². The number of nitrogens with zero attached hydrogens (tertiary/aromatic N) is 4. The van der Waals surface area contributed by atoms with Crippen LogP contribution < -0.4 is 10.1 Å². The Labute approximate surface area is 188 Å². The average Bonchev–Trinajstić information content (AvgIpc) is 3.18. The molecule has 2 aliphatic heterocycles. The van der Waals surface area contributed by atoms with Gasteiger partial charge in [-0.25, -0.2) is 19.3 Å². The summed E-state index contributed by atoms with van der Waals surface area (Å²) in [5, 5.41) is 23.7. The van der Waals surface area contributed by atoms with Crippen LogP contribution in [0.25, 0.3) is 22.3 Å². The highest BCUT2D eigenvalue weighted by Gasteiger charge is 2.31. The van der Waals surface area contributed by atoms with Crippen molar-refractivity contribution in [3.8, 4) is 17.0 Å². The smallest absolute Gasteiger partial charge is 0.223 e. The van der Waals surface area contributed by atoms with Gasteiger partial charge in [-0.3, -0.25) is 0 Å². The van der Waals surface area contributed by atoms with Gasteiger partial charge in [0.1, 0.15) is 29.6 Å². The van der Waals surface area contributed by atoms with Crippen molar-refractivity contribution in [2.75, 3.05) is 25.1 Å². The molecule has 5 rings (SSSR count). The minimum absolute atomic E-state index is 0.125. The van der Waals surface area contributed by atoms with E-state index in [0.717, 1.165) is 0 Å². The van der Waals surface area contributed by atoms with Crippen LogP contribution in [0, 0.1) is 5.82 Å². The predicted molar refractivity (Wildman–Crippen MR) is 115 cm³/mol. The average molecular weight is 464 g/mol. The highest BCUT2D eigenvalue weighted by Crippen LogP contribution is 2.44. The van der Waals surface area contributed by atoms with Crippen molar-refractivity contribution in [3.05, 3.63) is 28.9 Å². The summed E-state index contributed by atoms with van der Waals surface area (Å²) in [7, 11) is 0. The van der Waals surface area contributed by atoms with E-state index in [1.165, 1.54) is 12.3 Å². The lowest BCUT2D eigenvalue weighted by atomic mass is 10.1. The summed E-state index contributed by atoms with van der Waals surface area (Å²) in [6, 6.07) is 0.875. The van der Waals surface area contributed by atoms with Crippen LogP contribution in [0.5, 0.6) is 5.75 Å². The van der Waals surface area contributed by atoms with Crippen LogP contribution in [0.3, 0.4) is 0 Å². The third-order valence-electron chi connectivity index (χ3n) is 5.82. The van der Waals surface area contributed by atoms with Crippen molar-refractivity contribution >= 4 is 28.6 Å². The summed E-state index contributed by atoms with van der Waals surface area (Å²) in [6.07, 6.45) is 0.454. The zero-order chi connectivity index (χ0) is 22.6. The summed E-state index contributed by atoms with van der Waals surface area (Å²) < 4.78 is 28.2. The monoisotopic (exact) mass is 463 g/mol. The van der Waals surface area contributed by atoms with Gasteiger partial charge in [0.2, 0.25) is 5.95 Å². The lowest BCUT2D eigenvalue weighted by Crippen LogP contribution is -2.42. The fourth-order valence-corrected chi connectivity index (χ4v) is 4.44. The Morgan fingerprint density at radius 3 is 2.91 bits per heavy atom. The van der Waals surface area contributed by atoms with Crippen molar-refractivity contribution in [2.45, 2.75) is 44.6 Å². The number of halogens is 2. The van der Waals surface area contributed by atoms with Crippen molar-refractivity contribution < 1.29 is 24.1 Å². The summed E-state index contributed by atoms with van der Waals surface area (Å²) in [5.41, 5.74) is 1.24. The number of hydrogen-bond acceptors (Lipinski definition) is 8. The molecule has 1 aromatic carbocycles. The van der Waals surface area contributed by atoms with E-state index in [1.807, 2.05) is 6.92 Å². The first-order valence-electron chi connectivity index (χ1n) is 10.5. The predicted octanol–water partition coefficient (Wildman–Crippen LogP) is 2.85. The summed E-state index contributed by atoms with van der Waals surface area (Å²) in [6.45, 7) is 4.57. The lowest BCUT2D eigenvalue weighted by molar-refractivity contribution is -0.0136. The maximum atomic E-state index is 15.2. The van der Waals surface area contributed by atoms with Crippen LogP contribution in [-0.4, -0.2) is 61.7 Å². The fraction of sp³-hybridized carbons (Fsp3) is 0.476. The van der Waals surface area contributed by atoms with Gasteiger partial charge >= 0.3 is 0 Å². The third-order valence-corrected chi connectivity index (χ3v) is 6.10. The van der Waals surface area contributed by atoms with E-state index >= 15 is 4.39 Å².